The highest BCUT2D eigenvalue weighted by Gasteiger charge is 2.60. The van der Waals surface area contributed by atoms with E-state index in [0.717, 1.165) is 0 Å². The van der Waals surface area contributed by atoms with Crippen LogP contribution < -0.4 is 16.1 Å². The van der Waals surface area contributed by atoms with Crippen molar-refractivity contribution in [3.05, 3.63) is 30.7 Å². The number of amides is 3. The van der Waals surface area contributed by atoms with Crippen LogP contribution in [0.15, 0.2) is 29.4 Å². The molecule has 0 aromatic carbocycles. The normalized spacial score (nSPS) is 23.7. The first-order valence-electron chi connectivity index (χ1n) is 6.52. The smallest absolute Gasteiger partial charge is 0.358 e. The van der Waals surface area contributed by atoms with Crippen LogP contribution in [0.2, 0.25) is 0 Å². The standard InChI is InChI=1S/C13H14FN3O6/c1-3-21-11(19)13(14)9(18)15-12(20)16-10(13)23-17-7(2)8-5-4-6-22-8/h4-6,10,17H,2-3H2,1H3,(H2,15,16,18,20). The Morgan fingerprint density at radius 2 is 2.30 bits per heavy atom. The predicted octanol–water partition coefficient (Wildman–Crippen LogP) is 0.208. The molecular formula is C13H14FN3O6. The maximum atomic E-state index is 14.9. The van der Waals surface area contributed by atoms with Crippen LogP contribution in [0.4, 0.5) is 9.18 Å². The van der Waals surface area contributed by atoms with Gasteiger partial charge in [0.1, 0.15) is 0 Å². The van der Waals surface area contributed by atoms with E-state index in [9.17, 15) is 18.8 Å². The van der Waals surface area contributed by atoms with Gasteiger partial charge >= 0.3 is 17.7 Å². The Morgan fingerprint density at radius 1 is 1.57 bits per heavy atom. The van der Waals surface area contributed by atoms with Gasteiger partial charge in [-0.25, -0.2) is 18.8 Å². The van der Waals surface area contributed by atoms with Crippen molar-refractivity contribution < 1.29 is 32.8 Å². The Balaban J connectivity index is 2.14. The van der Waals surface area contributed by atoms with Crippen molar-refractivity contribution in [2.45, 2.75) is 18.8 Å². The number of alkyl halides is 1. The molecule has 9 nitrogen and oxygen atoms in total. The van der Waals surface area contributed by atoms with Crippen LogP contribution >= 0.6 is 0 Å². The number of ether oxygens (including phenoxy) is 1. The van der Waals surface area contributed by atoms with E-state index in [0.29, 0.717) is 0 Å². The highest BCUT2D eigenvalue weighted by molar-refractivity contribution is 6.14. The maximum absolute atomic E-state index is 14.9. The van der Waals surface area contributed by atoms with Crippen LogP contribution in [0.1, 0.15) is 12.7 Å². The Labute approximate surface area is 129 Å². The number of urea groups is 1. The second-order valence-corrected chi connectivity index (χ2v) is 4.42. The summed E-state index contributed by atoms with van der Waals surface area (Å²) in [6, 6.07) is 2.10. The minimum Gasteiger partial charge on any atom is -0.463 e. The number of halogens is 1. The molecule has 2 rings (SSSR count). The lowest BCUT2D eigenvalue weighted by Gasteiger charge is -2.33. The van der Waals surface area contributed by atoms with E-state index in [-0.39, 0.29) is 18.1 Å². The van der Waals surface area contributed by atoms with Gasteiger partial charge in [0.05, 0.1) is 18.6 Å². The molecule has 0 bridgehead atoms. The zero-order valence-corrected chi connectivity index (χ0v) is 12.1. The van der Waals surface area contributed by atoms with Crippen LogP contribution in [-0.2, 0) is 19.2 Å². The maximum Gasteiger partial charge on any atom is 0.358 e. The number of hydrogen-bond acceptors (Lipinski definition) is 7. The molecule has 10 heteroatoms. The lowest BCUT2D eigenvalue weighted by Crippen LogP contribution is -2.71. The molecule has 1 aromatic rings. The van der Waals surface area contributed by atoms with Gasteiger partial charge in [-0.3, -0.25) is 15.6 Å². The monoisotopic (exact) mass is 327 g/mol. The number of hydrogen-bond donors (Lipinski definition) is 3. The number of rotatable bonds is 6. The van der Waals surface area contributed by atoms with Gasteiger partial charge in [0, 0.05) is 0 Å². The molecule has 23 heavy (non-hydrogen) atoms. The number of carbonyl (C=O) groups excluding carboxylic acids is 3. The summed E-state index contributed by atoms with van der Waals surface area (Å²) >= 11 is 0. The van der Waals surface area contributed by atoms with Crippen LogP contribution in [0.25, 0.3) is 5.70 Å². The topological polar surface area (TPSA) is 119 Å². The molecule has 0 spiro atoms. The lowest BCUT2D eigenvalue weighted by atomic mass is 10.0. The van der Waals surface area contributed by atoms with Gasteiger partial charge < -0.3 is 14.5 Å². The molecule has 0 saturated carbocycles. The second kappa shape index (κ2) is 6.48. The fraction of sp³-hybridized carbons (Fsp3) is 0.308. The van der Waals surface area contributed by atoms with Gasteiger partial charge in [-0.15, -0.1) is 0 Å². The Kier molecular flexibility index (Phi) is 4.65. The van der Waals surface area contributed by atoms with Crippen molar-refractivity contribution in [1.82, 2.24) is 16.1 Å². The molecule has 2 atom stereocenters. The van der Waals surface area contributed by atoms with Crippen molar-refractivity contribution in [2.24, 2.45) is 0 Å². The summed E-state index contributed by atoms with van der Waals surface area (Å²) in [6.07, 6.45) is -0.592. The van der Waals surface area contributed by atoms with Crippen molar-refractivity contribution in [1.29, 1.82) is 0 Å². The number of carbonyl (C=O) groups is 3. The van der Waals surface area contributed by atoms with Crippen LogP contribution in [-0.4, -0.2) is 36.4 Å². The van der Waals surface area contributed by atoms with Crippen molar-refractivity contribution >= 4 is 23.6 Å². The summed E-state index contributed by atoms with van der Waals surface area (Å²) in [5, 5.41) is 3.62. The van der Waals surface area contributed by atoms with Crippen LogP contribution in [0.3, 0.4) is 0 Å². The summed E-state index contributed by atoms with van der Waals surface area (Å²) in [5.41, 5.74) is -0.962. The molecule has 1 aliphatic heterocycles. The van der Waals surface area contributed by atoms with Crippen LogP contribution in [0, 0.1) is 0 Å². The van der Waals surface area contributed by atoms with Crippen molar-refractivity contribution in [2.75, 3.05) is 6.61 Å². The first-order chi connectivity index (χ1) is 10.9. The summed E-state index contributed by atoms with van der Waals surface area (Å²) < 4.78 is 24.4. The Morgan fingerprint density at radius 3 is 2.91 bits per heavy atom. The molecule has 2 heterocycles. The fourth-order valence-electron chi connectivity index (χ4n) is 1.74. The minimum absolute atomic E-state index is 0.0847. The zero-order valence-electron chi connectivity index (χ0n) is 12.1. The molecule has 124 valence electrons. The summed E-state index contributed by atoms with van der Waals surface area (Å²) in [4.78, 5) is 39.7. The Hall–Kier alpha value is -2.88. The van der Waals surface area contributed by atoms with Gasteiger partial charge in [0.15, 0.2) is 5.76 Å². The predicted molar refractivity (Wildman–Crippen MR) is 72.9 cm³/mol. The number of hydroxylamine groups is 1. The average molecular weight is 327 g/mol. The fourth-order valence-corrected chi connectivity index (χ4v) is 1.74. The summed E-state index contributed by atoms with van der Waals surface area (Å²) in [7, 11) is 0. The van der Waals surface area contributed by atoms with Crippen molar-refractivity contribution in [3.8, 4) is 0 Å². The number of esters is 1. The largest absolute Gasteiger partial charge is 0.463 e. The van der Waals surface area contributed by atoms with Gasteiger partial charge in [-0.2, -0.15) is 0 Å². The number of nitrogens with one attached hydrogen (secondary N) is 3. The molecule has 2 unspecified atom stereocenters. The second-order valence-electron chi connectivity index (χ2n) is 4.42. The van der Waals surface area contributed by atoms with E-state index in [2.05, 4.69) is 16.8 Å². The highest BCUT2D eigenvalue weighted by Crippen LogP contribution is 2.23. The van der Waals surface area contributed by atoms with E-state index in [1.807, 2.05) is 5.32 Å². The van der Waals surface area contributed by atoms with Gasteiger partial charge in [-0.1, -0.05) is 6.58 Å². The molecule has 1 aromatic heterocycles. The minimum atomic E-state index is -3.26. The van der Waals surface area contributed by atoms with Gasteiger partial charge in [0.25, 0.3) is 5.91 Å². The van der Waals surface area contributed by atoms with E-state index < -0.39 is 29.8 Å². The third kappa shape index (κ3) is 3.16. The number of imide groups is 1. The molecule has 1 fully saturated rings. The molecule has 3 N–H and O–H groups in total. The molecule has 1 aliphatic rings. The number of furan rings is 1. The summed E-state index contributed by atoms with van der Waals surface area (Å²) in [6.45, 7) is 4.84. The van der Waals surface area contributed by atoms with E-state index in [1.54, 1.807) is 17.4 Å². The Bertz CT molecular complexity index is 632. The van der Waals surface area contributed by atoms with Gasteiger partial charge in [0.2, 0.25) is 6.23 Å². The average Bonchev–Trinajstić information content (AvgIpc) is 3.03. The molecule has 0 radical (unpaired) electrons. The lowest BCUT2D eigenvalue weighted by molar-refractivity contribution is -0.183. The molecular weight excluding hydrogens is 313 g/mol. The molecule has 3 amide bonds. The third-order valence-corrected chi connectivity index (χ3v) is 2.87. The summed E-state index contributed by atoms with van der Waals surface area (Å²) in [5.74, 6) is -2.71. The van der Waals surface area contributed by atoms with Crippen LogP contribution in [0.5, 0.6) is 0 Å². The van der Waals surface area contributed by atoms with E-state index >= 15 is 0 Å². The van der Waals surface area contributed by atoms with E-state index in [4.69, 9.17) is 9.25 Å². The molecule has 1 saturated heterocycles. The quantitative estimate of drug-likeness (QED) is 0.388. The zero-order chi connectivity index (χ0) is 17.0. The first-order valence-corrected chi connectivity index (χ1v) is 6.52. The molecule has 0 aliphatic carbocycles. The van der Waals surface area contributed by atoms with Crippen molar-refractivity contribution in [3.63, 3.8) is 0 Å². The van der Waals surface area contributed by atoms with E-state index in [1.165, 1.54) is 13.2 Å². The first kappa shape index (κ1) is 16.5. The third-order valence-electron chi connectivity index (χ3n) is 2.87. The van der Waals surface area contributed by atoms with Gasteiger partial charge in [-0.05, 0) is 19.1 Å². The SMILES string of the molecule is C=C(NOC1NC(=O)NC(=O)C1(F)C(=O)OCC)c1ccco1. The highest BCUT2D eigenvalue weighted by atomic mass is 19.1.